The van der Waals surface area contributed by atoms with Gasteiger partial charge < -0.3 is 15.0 Å². The molecule has 1 aliphatic carbocycles. The number of hydrogen-bond donors (Lipinski definition) is 2. The standard InChI is InChI=1S/C18H23N3O/c1-19-9-8-14(13-6-10-20-11-7-13)15-12-21-16-4-3-5-17(22-2)18(15)16/h5-7,10-12,14,19,21H,3-4,8-9H2,1-2H3. The maximum absolute atomic E-state index is 5.62. The topological polar surface area (TPSA) is 49.9 Å². The predicted octanol–water partition coefficient (Wildman–Crippen LogP) is 3.08. The second-order valence-electron chi connectivity index (χ2n) is 5.63. The molecule has 0 saturated carbocycles. The number of fused-ring (bicyclic) bond motifs is 1. The highest BCUT2D eigenvalue weighted by molar-refractivity contribution is 5.68. The van der Waals surface area contributed by atoms with Crippen LogP contribution in [0.1, 0.15) is 41.1 Å². The number of methoxy groups -OCH3 is 1. The Kier molecular flexibility index (Phi) is 4.59. The van der Waals surface area contributed by atoms with E-state index in [1.54, 1.807) is 7.11 Å². The number of allylic oxidation sites excluding steroid dienone is 1. The molecule has 0 bridgehead atoms. The van der Waals surface area contributed by atoms with Gasteiger partial charge >= 0.3 is 0 Å². The van der Waals surface area contributed by atoms with Crippen molar-refractivity contribution < 1.29 is 4.74 Å². The summed E-state index contributed by atoms with van der Waals surface area (Å²) in [6, 6.07) is 4.22. The van der Waals surface area contributed by atoms with Crippen molar-refractivity contribution in [3.63, 3.8) is 0 Å². The van der Waals surface area contributed by atoms with Crippen LogP contribution in [0, 0.1) is 0 Å². The molecule has 0 amide bonds. The van der Waals surface area contributed by atoms with Gasteiger partial charge in [0.05, 0.1) is 7.11 Å². The molecule has 3 rings (SSSR count). The molecule has 2 aromatic rings. The molecule has 0 aromatic carbocycles. The van der Waals surface area contributed by atoms with Crippen LogP contribution >= 0.6 is 0 Å². The predicted molar refractivity (Wildman–Crippen MR) is 88.7 cm³/mol. The third-order valence-electron chi connectivity index (χ3n) is 4.35. The lowest BCUT2D eigenvalue weighted by molar-refractivity contribution is 0.366. The van der Waals surface area contributed by atoms with Gasteiger partial charge in [0.15, 0.2) is 0 Å². The number of aromatic amines is 1. The molecular weight excluding hydrogens is 274 g/mol. The third kappa shape index (κ3) is 2.79. The second kappa shape index (κ2) is 6.79. The molecule has 22 heavy (non-hydrogen) atoms. The summed E-state index contributed by atoms with van der Waals surface area (Å²) in [5, 5.41) is 3.26. The molecule has 116 valence electrons. The number of nitrogens with one attached hydrogen (secondary N) is 2. The molecule has 0 spiro atoms. The lowest BCUT2D eigenvalue weighted by Gasteiger charge is -2.21. The molecule has 1 atom stereocenters. The van der Waals surface area contributed by atoms with Crippen molar-refractivity contribution in [3.05, 3.63) is 59.2 Å². The number of hydrogen-bond acceptors (Lipinski definition) is 3. The molecule has 0 fully saturated rings. The Hall–Kier alpha value is -2.07. The van der Waals surface area contributed by atoms with E-state index < -0.39 is 0 Å². The van der Waals surface area contributed by atoms with Crippen molar-refractivity contribution in [1.82, 2.24) is 15.3 Å². The first-order valence-corrected chi connectivity index (χ1v) is 7.84. The Balaban J connectivity index is 2.03. The SMILES string of the molecule is CNCCC(c1ccncc1)c1c[nH]c2c1C(OC)=CCC2. The lowest BCUT2D eigenvalue weighted by atomic mass is 9.86. The highest BCUT2D eigenvalue weighted by Crippen LogP contribution is 2.37. The average Bonchev–Trinajstić information content (AvgIpc) is 3.00. The summed E-state index contributed by atoms with van der Waals surface area (Å²) in [5.41, 5.74) is 5.17. The Morgan fingerprint density at radius 1 is 1.36 bits per heavy atom. The third-order valence-corrected chi connectivity index (χ3v) is 4.35. The van der Waals surface area contributed by atoms with Crippen molar-refractivity contribution in [1.29, 1.82) is 0 Å². The first-order valence-electron chi connectivity index (χ1n) is 7.84. The van der Waals surface area contributed by atoms with Crippen LogP contribution in [0.25, 0.3) is 5.76 Å². The smallest absolute Gasteiger partial charge is 0.124 e. The zero-order valence-electron chi connectivity index (χ0n) is 13.2. The number of rotatable bonds is 6. The Morgan fingerprint density at radius 3 is 2.91 bits per heavy atom. The van der Waals surface area contributed by atoms with Gasteiger partial charge in [0.1, 0.15) is 5.76 Å². The minimum Gasteiger partial charge on any atom is -0.496 e. The minimum absolute atomic E-state index is 0.340. The maximum Gasteiger partial charge on any atom is 0.124 e. The summed E-state index contributed by atoms with van der Waals surface area (Å²) >= 11 is 0. The van der Waals surface area contributed by atoms with E-state index in [9.17, 15) is 0 Å². The first-order chi connectivity index (χ1) is 10.8. The summed E-state index contributed by atoms with van der Waals surface area (Å²) in [7, 11) is 3.75. The molecule has 1 aliphatic rings. The van der Waals surface area contributed by atoms with E-state index in [1.807, 2.05) is 19.4 Å². The summed E-state index contributed by atoms with van der Waals surface area (Å²) in [5.74, 6) is 1.34. The van der Waals surface area contributed by atoms with Gasteiger partial charge in [0.25, 0.3) is 0 Å². The van der Waals surface area contributed by atoms with E-state index in [-0.39, 0.29) is 0 Å². The van der Waals surface area contributed by atoms with Crippen LogP contribution in [0.2, 0.25) is 0 Å². The number of pyridine rings is 1. The number of ether oxygens (including phenoxy) is 1. The molecule has 2 N–H and O–H groups in total. The van der Waals surface area contributed by atoms with Gasteiger partial charge in [0, 0.05) is 35.8 Å². The van der Waals surface area contributed by atoms with Gasteiger partial charge in [-0.3, -0.25) is 4.98 Å². The van der Waals surface area contributed by atoms with Gasteiger partial charge in [-0.15, -0.1) is 0 Å². The number of aromatic nitrogens is 2. The van der Waals surface area contributed by atoms with E-state index in [0.717, 1.165) is 31.6 Å². The summed E-state index contributed by atoms with van der Waals surface area (Å²) in [6.45, 7) is 0.971. The van der Waals surface area contributed by atoms with Crippen molar-refractivity contribution in [3.8, 4) is 0 Å². The molecular formula is C18H23N3O. The van der Waals surface area contributed by atoms with E-state index >= 15 is 0 Å². The molecule has 0 radical (unpaired) electrons. The highest BCUT2D eigenvalue weighted by Gasteiger charge is 2.25. The average molecular weight is 297 g/mol. The normalized spacial score (nSPS) is 15.1. The number of nitrogens with zero attached hydrogens (tertiary/aromatic N) is 1. The molecule has 0 saturated heterocycles. The van der Waals surface area contributed by atoms with Crippen molar-refractivity contribution in [2.75, 3.05) is 20.7 Å². The van der Waals surface area contributed by atoms with E-state index in [4.69, 9.17) is 4.74 Å². The van der Waals surface area contributed by atoms with Crippen LogP contribution in [0.4, 0.5) is 0 Å². The van der Waals surface area contributed by atoms with Crippen molar-refractivity contribution >= 4 is 5.76 Å². The summed E-state index contributed by atoms with van der Waals surface area (Å²) < 4.78 is 5.62. The zero-order chi connectivity index (χ0) is 15.4. The maximum atomic E-state index is 5.62. The van der Waals surface area contributed by atoms with Crippen LogP contribution in [0.3, 0.4) is 0 Å². The summed E-state index contributed by atoms with van der Waals surface area (Å²) in [4.78, 5) is 7.61. The van der Waals surface area contributed by atoms with Crippen LogP contribution < -0.4 is 5.32 Å². The van der Waals surface area contributed by atoms with Gasteiger partial charge in [-0.05, 0) is 62.2 Å². The van der Waals surface area contributed by atoms with Gasteiger partial charge in [0.2, 0.25) is 0 Å². The second-order valence-corrected chi connectivity index (χ2v) is 5.63. The molecule has 4 nitrogen and oxygen atoms in total. The molecule has 4 heteroatoms. The van der Waals surface area contributed by atoms with E-state index in [0.29, 0.717) is 5.92 Å². The Labute approximate surface area is 131 Å². The van der Waals surface area contributed by atoms with Crippen molar-refractivity contribution in [2.24, 2.45) is 0 Å². The lowest BCUT2D eigenvalue weighted by Crippen LogP contribution is -2.14. The quantitative estimate of drug-likeness (QED) is 0.861. The summed E-state index contributed by atoms with van der Waals surface area (Å²) in [6.07, 6.45) is 11.2. The van der Waals surface area contributed by atoms with Crippen molar-refractivity contribution in [2.45, 2.75) is 25.2 Å². The van der Waals surface area contributed by atoms with E-state index in [2.05, 4.69) is 39.7 Å². The monoisotopic (exact) mass is 297 g/mol. The largest absolute Gasteiger partial charge is 0.496 e. The first kappa shape index (κ1) is 14.9. The fraction of sp³-hybridized carbons (Fsp3) is 0.389. The highest BCUT2D eigenvalue weighted by atomic mass is 16.5. The molecule has 2 heterocycles. The minimum atomic E-state index is 0.340. The molecule has 2 aromatic heterocycles. The number of H-pyrrole nitrogens is 1. The number of aryl methyl sites for hydroxylation is 1. The Morgan fingerprint density at radius 2 is 2.18 bits per heavy atom. The van der Waals surface area contributed by atoms with Gasteiger partial charge in [-0.1, -0.05) is 0 Å². The van der Waals surface area contributed by atoms with Crippen LogP contribution in [-0.2, 0) is 11.2 Å². The Bertz CT molecular complexity index is 646. The van der Waals surface area contributed by atoms with Crippen LogP contribution in [-0.4, -0.2) is 30.7 Å². The molecule has 0 aliphatic heterocycles. The van der Waals surface area contributed by atoms with Gasteiger partial charge in [-0.2, -0.15) is 0 Å². The fourth-order valence-electron chi connectivity index (χ4n) is 3.27. The van der Waals surface area contributed by atoms with E-state index in [1.165, 1.54) is 22.4 Å². The molecule has 1 unspecified atom stereocenters. The van der Waals surface area contributed by atoms with Gasteiger partial charge in [-0.25, -0.2) is 0 Å². The van der Waals surface area contributed by atoms with Crippen LogP contribution in [0.5, 0.6) is 0 Å². The zero-order valence-corrected chi connectivity index (χ0v) is 13.2. The van der Waals surface area contributed by atoms with Crippen LogP contribution in [0.15, 0.2) is 36.8 Å². The fourth-order valence-corrected chi connectivity index (χ4v) is 3.27.